The van der Waals surface area contributed by atoms with Gasteiger partial charge in [0.25, 0.3) is 5.91 Å². The molecule has 0 radical (unpaired) electrons. The van der Waals surface area contributed by atoms with Crippen molar-refractivity contribution in [2.24, 2.45) is 5.41 Å². The number of likely N-dealkylation sites (tertiary alicyclic amines) is 2. The number of carbonyl (C=O) groups is 2. The van der Waals surface area contributed by atoms with E-state index in [9.17, 15) is 9.59 Å². The number of aryl methyl sites for hydroxylation is 1. The van der Waals surface area contributed by atoms with Crippen LogP contribution in [0.25, 0.3) is 0 Å². The lowest BCUT2D eigenvalue weighted by atomic mass is 9.75. The van der Waals surface area contributed by atoms with Crippen LogP contribution in [0.5, 0.6) is 11.5 Å². The van der Waals surface area contributed by atoms with Gasteiger partial charge in [-0.15, -0.1) is 0 Å². The summed E-state index contributed by atoms with van der Waals surface area (Å²) in [4.78, 5) is 30.3. The molecule has 2 saturated heterocycles. The molecule has 0 bridgehead atoms. The molecule has 7 heteroatoms. The van der Waals surface area contributed by atoms with Crippen LogP contribution in [0.2, 0.25) is 5.02 Å². The minimum absolute atomic E-state index is 0.00546. The zero-order valence-electron chi connectivity index (χ0n) is 20.7. The summed E-state index contributed by atoms with van der Waals surface area (Å²) in [5.41, 5.74) is 1.27. The number of amides is 2. The summed E-state index contributed by atoms with van der Waals surface area (Å²) in [5.74, 6) is 1.62. The molecule has 2 heterocycles. The van der Waals surface area contributed by atoms with Crippen molar-refractivity contribution in [2.45, 2.75) is 45.4 Å². The minimum atomic E-state index is -0.312. The highest BCUT2D eigenvalue weighted by Crippen LogP contribution is 2.38. The number of hydrogen-bond acceptors (Lipinski definition) is 4. The van der Waals surface area contributed by atoms with E-state index in [1.165, 1.54) is 6.42 Å². The lowest BCUT2D eigenvalue weighted by Crippen LogP contribution is -2.48. The van der Waals surface area contributed by atoms with E-state index in [0.29, 0.717) is 42.5 Å². The second-order valence-corrected chi connectivity index (χ2v) is 10.2. The van der Waals surface area contributed by atoms with Gasteiger partial charge in [0, 0.05) is 48.6 Å². The van der Waals surface area contributed by atoms with Crippen LogP contribution in [0.3, 0.4) is 0 Å². The SMILES string of the molecule is COc1cccc(C(=O)N2CCC(COc3ccc(Cl)c(C)c3)(CC(=O)N3CCCCC3)CC2)c1. The Kier molecular flexibility index (Phi) is 8.22. The first kappa shape index (κ1) is 25.4. The average Bonchev–Trinajstić information content (AvgIpc) is 2.90. The van der Waals surface area contributed by atoms with Crippen LogP contribution in [-0.2, 0) is 4.79 Å². The molecule has 0 unspecified atom stereocenters. The molecule has 0 aliphatic carbocycles. The summed E-state index contributed by atoms with van der Waals surface area (Å²) >= 11 is 6.18. The molecule has 35 heavy (non-hydrogen) atoms. The van der Waals surface area contributed by atoms with Crippen molar-refractivity contribution in [3.8, 4) is 11.5 Å². The van der Waals surface area contributed by atoms with E-state index < -0.39 is 0 Å². The topological polar surface area (TPSA) is 59.1 Å². The van der Waals surface area contributed by atoms with E-state index in [2.05, 4.69) is 0 Å². The van der Waals surface area contributed by atoms with E-state index in [1.54, 1.807) is 13.2 Å². The van der Waals surface area contributed by atoms with E-state index in [-0.39, 0.29) is 17.2 Å². The third kappa shape index (κ3) is 6.29. The van der Waals surface area contributed by atoms with Gasteiger partial charge in [-0.1, -0.05) is 17.7 Å². The number of methoxy groups -OCH3 is 1. The van der Waals surface area contributed by atoms with Crippen LogP contribution < -0.4 is 9.47 Å². The first-order valence-electron chi connectivity index (χ1n) is 12.5. The molecule has 2 fully saturated rings. The van der Waals surface area contributed by atoms with Crippen LogP contribution in [0, 0.1) is 12.3 Å². The smallest absolute Gasteiger partial charge is 0.253 e. The maximum absolute atomic E-state index is 13.2. The summed E-state index contributed by atoms with van der Waals surface area (Å²) in [6, 6.07) is 12.9. The minimum Gasteiger partial charge on any atom is -0.497 e. The van der Waals surface area contributed by atoms with E-state index >= 15 is 0 Å². The number of carbonyl (C=O) groups excluding carboxylic acids is 2. The normalized spacial score (nSPS) is 17.7. The van der Waals surface area contributed by atoms with Crippen LogP contribution in [-0.4, -0.2) is 61.5 Å². The molecule has 0 aromatic heterocycles. The second kappa shape index (κ2) is 11.3. The zero-order valence-corrected chi connectivity index (χ0v) is 21.5. The van der Waals surface area contributed by atoms with Crippen LogP contribution >= 0.6 is 11.6 Å². The Labute approximate surface area is 213 Å². The van der Waals surface area contributed by atoms with Crippen molar-refractivity contribution in [3.63, 3.8) is 0 Å². The summed E-state index contributed by atoms with van der Waals surface area (Å²) in [6.07, 6.45) is 5.21. The van der Waals surface area contributed by atoms with Crippen molar-refractivity contribution >= 4 is 23.4 Å². The van der Waals surface area contributed by atoms with E-state index in [1.807, 2.05) is 53.1 Å². The predicted octanol–water partition coefficient (Wildman–Crippen LogP) is 5.36. The molecule has 188 valence electrons. The maximum atomic E-state index is 13.2. The molecule has 2 amide bonds. The molecule has 2 aliphatic rings. The quantitative estimate of drug-likeness (QED) is 0.515. The number of benzene rings is 2. The van der Waals surface area contributed by atoms with Gasteiger partial charge in [-0.2, -0.15) is 0 Å². The van der Waals surface area contributed by atoms with Crippen molar-refractivity contribution in [1.82, 2.24) is 9.80 Å². The molecular weight excluding hydrogens is 464 g/mol. The molecule has 0 spiro atoms. The number of ether oxygens (including phenoxy) is 2. The van der Waals surface area contributed by atoms with E-state index in [4.69, 9.17) is 21.1 Å². The lowest BCUT2D eigenvalue weighted by Gasteiger charge is -2.42. The Bertz CT molecular complexity index is 1040. The fourth-order valence-electron chi connectivity index (χ4n) is 5.01. The van der Waals surface area contributed by atoms with Gasteiger partial charge in [-0.3, -0.25) is 9.59 Å². The van der Waals surface area contributed by atoms with Crippen LogP contribution in [0.1, 0.15) is 54.4 Å². The Morgan fingerprint density at radius 1 is 0.943 bits per heavy atom. The van der Waals surface area contributed by atoms with Crippen molar-refractivity contribution in [2.75, 3.05) is 39.9 Å². The summed E-state index contributed by atoms with van der Waals surface area (Å²) in [6.45, 7) is 5.25. The van der Waals surface area contributed by atoms with Crippen LogP contribution in [0.4, 0.5) is 0 Å². The van der Waals surface area contributed by atoms with Gasteiger partial charge in [0.2, 0.25) is 5.91 Å². The molecule has 0 N–H and O–H groups in total. The second-order valence-electron chi connectivity index (χ2n) is 9.84. The molecular formula is C28H35ClN2O4. The number of hydrogen-bond donors (Lipinski definition) is 0. The average molecular weight is 499 g/mol. The molecule has 0 atom stereocenters. The van der Waals surface area contributed by atoms with Crippen molar-refractivity contribution in [1.29, 1.82) is 0 Å². The van der Waals surface area contributed by atoms with Gasteiger partial charge in [0.15, 0.2) is 0 Å². The van der Waals surface area contributed by atoms with Crippen LogP contribution in [0.15, 0.2) is 42.5 Å². The number of halogens is 1. The summed E-state index contributed by atoms with van der Waals surface area (Å²) in [5, 5.41) is 0.705. The molecule has 2 aromatic rings. The third-order valence-corrected chi connectivity index (χ3v) is 7.76. The largest absolute Gasteiger partial charge is 0.497 e. The summed E-state index contributed by atoms with van der Waals surface area (Å²) in [7, 11) is 1.60. The van der Waals surface area contributed by atoms with Gasteiger partial charge in [0.1, 0.15) is 11.5 Å². The number of piperidine rings is 2. The molecule has 2 aromatic carbocycles. The number of nitrogens with zero attached hydrogens (tertiary/aromatic N) is 2. The van der Waals surface area contributed by atoms with Gasteiger partial charge >= 0.3 is 0 Å². The Morgan fingerprint density at radius 3 is 2.37 bits per heavy atom. The third-order valence-electron chi connectivity index (χ3n) is 7.34. The molecule has 0 saturated carbocycles. The molecule has 6 nitrogen and oxygen atoms in total. The molecule has 2 aliphatic heterocycles. The Hall–Kier alpha value is -2.73. The monoisotopic (exact) mass is 498 g/mol. The maximum Gasteiger partial charge on any atom is 0.253 e. The van der Waals surface area contributed by atoms with Gasteiger partial charge in [0.05, 0.1) is 13.7 Å². The highest BCUT2D eigenvalue weighted by molar-refractivity contribution is 6.31. The standard InChI is InChI=1S/C28H35ClN2O4/c1-21-17-24(9-10-25(21)29)35-20-28(19-26(32)30-13-4-3-5-14-30)11-15-31(16-12-28)27(33)22-7-6-8-23(18-22)34-2/h6-10,17-18H,3-5,11-16,19-20H2,1-2H3. The zero-order chi connectivity index (χ0) is 24.8. The van der Waals surface area contributed by atoms with Crippen molar-refractivity contribution < 1.29 is 19.1 Å². The highest BCUT2D eigenvalue weighted by Gasteiger charge is 2.40. The first-order chi connectivity index (χ1) is 16.9. The summed E-state index contributed by atoms with van der Waals surface area (Å²) < 4.78 is 11.5. The van der Waals surface area contributed by atoms with Gasteiger partial charge in [-0.25, -0.2) is 0 Å². The lowest BCUT2D eigenvalue weighted by molar-refractivity contribution is -0.136. The molecule has 4 rings (SSSR count). The van der Waals surface area contributed by atoms with Gasteiger partial charge in [-0.05, 0) is 81.0 Å². The Morgan fingerprint density at radius 2 is 1.69 bits per heavy atom. The number of rotatable bonds is 7. The predicted molar refractivity (Wildman–Crippen MR) is 137 cm³/mol. The van der Waals surface area contributed by atoms with E-state index in [0.717, 1.165) is 50.1 Å². The highest BCUT2D eigenvalue weighted by atomic mass is 35.5. The van der Waals surface area contributed by atoms with Gasteiger partial charge < -0.3 is 19.3 Å². The fourth-order valence-corrected chi connectivity index (χ4v) is 5.13. The fraction of sp³-hybridized carbons (Fsp3) is 0.500. The van der Waals surface area contributed by atoms with Crippen molar-refractivity contribution in [3.05, 3.63) is 58.6 Å². The first-order valence-corrected chi connectivity index (χ1v) is 12.9. The Balaban J connectivity index is 1.46.